The normalized spacial score (nSPS) is 14.6. The molecule has 0 aliphatic carbocycles. The second kappa shape index (κ2) is 10.6. The largest absolute Gasteiger partial charge is 0.478 e. The van der Waals surface area contributed by atoms with E-state index >= 15 is 0 Å². The lowest BCUT2D eigenvalue weighted by molar-refractivity contribution is -0.128. The Labute approximate surface area is 208 Å². The van der Waals surface area contributed by atoms with E-state index in [-0.39, 0.29) is 11.7 Å². The predicted octanol–water partition coefficient (Wildman–Crippen LogP) is 5.71. The molecule has 0 aromatic heterocycles. The molecule has 1 N–H and O–H groups in total. The third-order valence-corrected chi connectivity index (χ3v) is 6.48. The van der Waals surface area contributed by atoms with Crippen LogP contribution in [0.5, 0.6) is 5.75 Å². The fourth-order valence-corrected chi connectivity index (χ4v) is 4.18. The highest BCUT2D eigenvalue weighted by atomic mass is 79.9. The van der Waals surface area contributed by atoms with Crippen LogP contribution in [0.15, 0.2) is 77.3 Å². The molecule has 0 atom stereocenters. The van der Waals surface area contributed by atoms with Gasteiger partial charge in [0.05, 0.1) is 0 Å². The second-order valence-electron chi connectivity index (χ2n) is 8.92. The Morgan fingerprint density at radius 3 is 2.26 bits per heavy atom. The molecule has 3 aromatic carbocycles. The first-order valence-electron chi connectivity index (χ1n) is 11.4. The van der Waals surface area contributed by atoms with Gasteiger partial charge >= 0.3 is 0 Å². The molecule has 1 heterocycles. The maximum absolute atomic E-state index is 13.9. The second-order valence-corrected chi connectivity index (χ2v) is 9.84. The van der Waals surface area contributed by atoms with Gasteiger partial charge in [0.15, 0.2) is 5.60 Å². The number of nitrogens with one attached hydrogen (secondary N) is 1. The van der Waals surface area contributed by atoms with Gasteiger partial charge in [-0.05, 0) is 68.4 Å². The summed E-state index contributed by atoms with van der Waals surface area (Å²) in [6.07, 6.45) is 0. The Bertz CT molecular complexity index is 1110. The number of nitrogens with zero attached hydrogens (tertiary/aromatic N) is 2. The van der Waals surface area contributed by atoms with Crippen LogP contribution in [0.1, 0.15) is 19.4 Å². The summed E-state index contributed by atoms with van der Waals surface area (Å²) in [6, 6.07) is 22.2. The number of amides is 1. The van der Waals surface area contributed by atoms with Crippen molar-refractivity contribution in [3.8, 4) is 5.75 Å². The molecule has 0 bridgehead atoms. The van der Waals surface area contributed by atoms with Gasteiger partial charge in [-0.1, -0.05) is 34.1 Å². The average Bonchev–Trinajstić information content (AvgIpc) is 2.83. The molecule has 3 aromatic rings. The van der Waals surface area contributed by atoms with Crippen LogP contribution in [0, 0.1) is 5.82 Å². The van der Waals surface area contributed by atoms with Gasteiger partial charge in [-0.15, -0.1) is 0 Å². The third kappa shape index (κ3) is 6.15. The first kappa shape index (κ1) is 24.2. The maximum Gasteiger partial charge on any atom is 0.267 e. The molecular weight excluding hydrogens is 497 g/mol. The Kier molecular flexibility index (Phi) is 7.54. The van der Waals surface area contributed by atoms with Gasteiger partial charge in [0.25, 0.3) is 5.91 Å². The molecule has 7 heteroatoms. The van der Waals surface area contributed by atoms with Crippen molar-refractivity contribution in [3.05, 3.63) is 88.6 Å². The van der Waals surface area contributed by atoms with Crippen molar-refractivity contribution in [1.29, 1.82) is 0 Å². The van der Waals surface area contributed by atoms with Crippen LogP contribution in [0.3, 0.4) is 0 Å². The van der Waals surface area contributed by atoms with Crippen molar-refractivity contribution in [2.24, 2.45) is 0 Å². The first-order valence-corrected chi connectivity index (χ1v) is 12.2. The van der Waals surface area contributed by atoms with Crippen LogP contribution in [0.4, 0.5) is 15.8 Å². The predicted molar refractivity (Wildman–Crippen MR) is 138 cm³/mol. The number of benzene rings is 3. The van der Waals surface area contributed by atoms with Gasteiger partial charge in [-0.25, -0.2) is 4.39 Å². The van der Waals surface area contributed by atoms with Crippen molar-refractivity contribution < 1.29 is 13.9 Å². The van der Waals surface area contributed by atoms with Crippen molar-refractivity contribution in [1.82, 2.24) is 4.90 Å². The summed E-state index contributed by atoms with van der Waals surface area (Å²) in [4.78, 5) is 17.4. The van der Waals surface area contributed by atoms with E-state index in [4.69, 9.17) is 4.74 Å². The highest BCUT2D eigenvalue weighted by Crippen LogP contribution is 2.24. The number of piperazine rings is 1. The van der Waals surface area contributed by atoms with Crippen LogP contribution < -0.4 is 15.0 Å². The van der Waals surface area contributed by atoms with Crippen molar-refractivity contribution in [3.63, 3.8) is 0 Å². The first-order chi connectivity index (χ1) is 16.3. The standard InChI is InChI=1S/C27H29BrFN3O2/c1-27(2,34-24-13-7-21(28)8-14-24)26(33)30-22-9-11-23(12-10-22)32-17-15-31(16-18-32)19-20-5-3-4-6-25(20)29/h3-14H,15-19H2,1-2H3,(H,30,33). The van der Waals surface area contributed by atoms with E-state index in [1.807, 2.05) is 60.7 Å². The molecule has 5 nitrogen and oxygen atoms in total. The molecule has 1 aliphatic rings. The molecule has 1 amide bonds. The Hall–Kier alpha value is -2.90. The minimum atomic E-state index is -1.03. The number of carbonyl (C=O) groups excluding carboxylic acids is 1. The molecule has 0 unspecified atom stereocenters. The van der Waals surface area contributed by atoms with Crippen LogP contribution in [-0.2, 0) is 11.3 Å². The van der Waals surface area contributed by atoms with Gasteiger partial charge in [-0.2, -0.15) is 0 Å². The van der Waals surface area contributed by atoms with E-state index in [0.717, 1.165) is 47.6 Å². The van der Waals surface area contributed by atoms with E-state index in [1.165, 1.54) is 6.07 Å². The third-order valence-electron chi connectivity index (χ3n) is 5.95. The monoisotopic (exact) mass is 525 g/mol. The minimum absolute atomic E-state index is 0.145. The summed E-state index contributed by atoms with van der Waals surface area (Å²) >= 11 is 3.40. The summed E-state index contributed by atoms with van der Waals surface area (Å²) in [5.41, 5.74) is 1.54. The molecule has 0 spiro atoms. The van der Waals surface area contributed by atoms with Crippen molar-refractivity contribution in [2.45, 2.75) is 26.0 Å². The zero-order valence-electron chi connectivity index (χ0n) is 19.4. The van der Waals surface area contributed by atoms with E-state index in [1.54, 1.807) is 19.9 Å². The zero-order valence-corrected chi connectivity index (χ0v) is 21.0. The number of hydrogen-bond donors (Lipinski definition) is 1. The number of ether oxygens (including phenoxy) is 1. The molecule has 1 aliphatic heterocycles. The molecule has 178 valence electrons. The van der Waals surface area contributed by atoms with Gasteiger partial charge < -0.3 is 15.0 Å². The van der Waals surface area contributed by atoms with E-state index in [2.05, 4.69) is 31.0 Å². The molecular formula is C27H29BrFN3O2. The van der Waals surface area contributed by atoms with Gasteiger partial charge in [0.1, 0.15) is 11.6 Å². The fraction of sp³-hybridized carbons (Fsp3) is 0.296. The highest BCUT2D eigenvalue weighted by Gasteiger charge is 2.30. The summed E-state index contributed by atoms with van der Waals surface area (Å²) in [5, 5.41) is 2.95. The van der Waals surface area contributed by atoms with E-state index in [9.17, 15) is 9.18 Å². The minimum Gasteiger partial charge on any atom is -0.478 e. The van der Waals surface area contributed by atoms with Crippen LogP contribution in [0.2, 0.25) is 0 Å². The fourth-order valence-electron chi connectivity index (χ4n) is 3.91. The maximum atomic E-state index is 13.9. The van der Waals surface area contributed by atoms with Crippen molar-refractivity contribution in [2.75, 3.05) is 36.4 Å². The molecule has 0 saturated carbocycles. The number of anilines is 2. The summed E-state index contributed by atoms with van der Waals surface area (Å²) in [6.45, 7) is 7.61. The van der Waals surface area contributed by atoms with Gasteiger partial charge in [-0.3, -0.25) is 9.69 Å². The number of hydrogen-bond acceptors (Lipinski definition) is 4. The average molecular weight is 526 g/mol. The van der Waals surface area contributed by atoms with E-state index < -0.39 is 5.60 Å². The number of carbonyl (C=O) groups is 1. The molecule has 34 heavy (non-hydrogen) atoms. The lowest BCUT2D eigenvalue weighted by atomic mass is 10.1. The lowest BCUT2D eigenvalue weighted by Crippen LogP contribution is -2.46. The number of halogens is 2. The van der Waals surface area contributed by atoms with Crippen LogP contribution in [0.25, 0.3) is 0 Å². The van der Waals surface area contributed by atoms with Crippen LogP contribution in [-0.4, -0.2) is 42.6 Å². The van der Waals surface area contributed by atoms with Gasteiger partial charge in [0.2, 0.25) is 0 Å². The van der Waals surface area contributed by atoms with Crippen LogP contribution >= 0.6 is 15.9 Å². The molecule has 1 fully saturated rings. The highest BCUT2D eigenvalue weighted by molar-refractivity contribution is 9.10. The van der Waals surface area contributed by atoms with Gasteiger partial charge in [0, 0.05) is 54.1 Å². The number of rotatable bonds is 7. The topological polar surface area (TPSA) is 44.8 Å². The summed E-state index contributed by atoms with van der Waals surface area (Å²) in [5.74, 6) is 0.269. The Balaban J connectivity index is 1.29. The zero-order chi connectivity index (χ0) is 24.1. The smallest absolute Gasteiger partial charge is 0.267 e. The lowest BCUT2D eigenvalue weighted by Gasteiger charge is -2.36. The Morgan fingerprint density at radius 1 is 0.971 bits per heavy atom. The Morgan fingerprint density at radius 2 is 1.62 bits per heavy atom. The van der Waals surface area contributed by atoms with Crippen molar-refractivity contribution >= 4 is 33.2 Å². The molecule has 0 radical (unpaired) electrons. The molecule has 4 rings (SSSR count). The molecule has 1 saturated heterocycles. The summed E-state index contributed by atoms with van der Waals surface area (Å²) in [7, 11) is 0. The summed E-state index contributed by atoms with van der Waals surface area (Å²) < 4.78 is 20.8. The van der Waals surface area contributed by atoms with E-state index in [0.29, 0.717) is 12.3 Å². The SMILES string of the molecule is CC(C)(Oc1ccc(Br)cc1)C(=O)Nc1ccc(N2CCN(Cc3ccccc3F)CC2)cc1. The quantitative estimate of drug-likeness (QED) is 0.429.